The van der Waals surface area contributed by atoms with Crippen molar-refractivity contribution in [2.24, 2.45) is 10.7 Å². The molecule has 0 radical (unpaired) electrons. The fourth-order valence-corrected chi connectivity index (χ4v) is 5.79. The second-order valence-corrected chi connectivity index (χ2v) is 11.4. The molecule has 0 saturated carbocycles. The highest BCUT2D eigenvalue weighted by molar-refractivity contribution is 6.08. The highest BCUT2D eigenvalue weighted by atomic mass is 16.5. The molecular formula is C33H41N4O5+. The van der Waals surface area contributed by atoms with E-state index in [1.807, 2.05) is 25.4 Å². The van der Waals surface area contributed by atoms with Gasteiger partial charge in [0.2, 0.25) is 6.73 Å². The van der Waals surface area contributed by atoms with Crippen LogP contribution >= 0.6 is 0 Å². The number of nitrogens with zero attached hydrogens (tertiary/aromatic N) is 1. The van der Waals surface area contributed by atoms with Gasteiger partial charge < -0.3 is 31.1 Å². The van der Waals surface area contributed by atoms with Gasteiger partial charge in [-0.3, -0.25) is 14.7 Å². The van der Waals surface area contributed by atoms with Crippen molar-refractivity contribution in [2.45, 2.75) is 70.2 Å². The number of aromatic hydroxyl groups is 1. The molecule has 5 rings (SSSR count). The molecule has 9 nitrogen and oxygen atoms in total. The summed E-state index contributed by atoms with van der Waals surface area (Å²) in [6.07, 6.45) is 9.62. The van der Waals surface area contributed by atoms with Crippen molar-refractivity contribution in [2.75, 3.05) is 13.3 Å². The third kappa shape index (κ3) is 7.17. The first-order valence-corrected chi connectivity index (χ1v) is 14.8. The van der Waals surface area contributed by atoms with Crippen LogP contribution < -0.4 is 20.7 Å². The zero-order valence-corrected chi connectivity index (χ0v) is 24.1. The number of rotatable bonds is 14. The molecule has 9 heteroatoms. The second kappa shape index (κ2) is 13.5. The maximum absolute atomic E-state index is 12.4. The monoisotopic (exact) mass is 573 g/mol. The Morgan fingerprint density at radius 3 is 2.93 bits per heavy atom. The summed E-state index contributed by atoms with van der Waals surface area (Å²) < 4.78 is 6.02. The number of Topliss-reactive ketones (excluding diaryl/α,β-unsaturated/α-hetero) is 1. The summed E-state index contributed by atoms with van der Waals surface area (Å²) in [6, 6.07) is 11.4. The smallest absolute Gasteiger partial charge is 0.227 e. The zero-order valence-electron chi connectivity index (χ0n) is 24.1. The molecule has 4 atom stereocenters. The summed E-state index contributed by atoms with van der Waals surface area (Å²) in [5, 5.41) is 33.5. The summed E-state index contributed by atoms with van der Waals surface area (Å²) in [4.78, 5) is 18.1. The Morgan fingerprint density at radius 1 is 1.24 bits per heavy atom. The molecule has 222 valence electrons. The Bertz CT molecular complexity index is 1430. The molecular weight excluding hydrogens is 532 g/mol. The molecule has 1 unspecified atom stereocenters. The predicted octanol–water partition coefficient (Wildman–Crippen LogP) is 2.43. The van der Waals surface area contributed by atoms with Crippen molar-refractivity contribution in [1.82, 2.24) is 5.32 Å². The van der Waals surface area contributed by atoms with Crippen molar-refractivity contribution in [3.63, 3.8) is 0 Å². The normalized spacial score (nSPS) is 20.1. The lowest BCUT2D eigenvalue weighted by molar-refractivity contribution is -0.851. The van der Waals surface area contributed by atoms with Crippen LogP contribution in [0.3, 0.4) is 0 Å². The average Bonchev–Trinajstić information content (AvgIpc) is 3.53. The number of ether oxygens (including phenoxy) is 1. The Labute approximate surface area is 246 Å². The van der Waals surface area contributed by atoms with E-state index >= 15 is 0 Å². The minimum atomic E-state index is -0.833. The first-order valence-electron chi connectivity index (χ1n) is 14.8. The van der Waals surface area contributed by atoms with Crippen LogP contribution in [0.2, 0.25) is 0 Å². The van der Waals surface area contributed by atoms with E-state index in [0.29, 0.717) is 31.9 Å². The number of hydrogen-bond acceptors (Lipinski definition) is 8. The molecule has 7 N–H and O–H groups in total. The molecule has 0 spiro atoms. The predicted molar refractivity (Wildman–Crippen MR) is 162 cm³/mol. The summed E-state index contributed by atoms with van der Waals surface area (Å²) in [6.45, 7) is 2.99. The fourth-order valence-electron chi connectivity index (χ4n) is 5.79. The third-order valence-corrected chi connectivity index (χ3v) is 8.01. The number of aliphatic hydroxyl groups excluding tert-OH is 2. The number of phenolic OH excluding ortho intramolecular Hbond substituents is 1. The maximum atomic E-state index is 12.4. The summed E-state index contributed by atoms with van der Waals surface area (Å²) in [5.74, 6) is 0.359. The minimum absolute atomic E-state index is 0.0315. The number of benzene rings is 2. The van der Waals surface area contributed by atoms with Gasteiger partial charge in [-0.15, -0.1) is 0 Å². The molecule has 3 heterocycles. The number of carbonyl (C=O) groups is 1. The lowest BCUT2D eigenvalue weighted by Gasteiger charge is -2.22. The molecule has 3 aliphatic rings. The van der Waals surface area contributed by atoms with Crippen molar-refractivity contribution in [1.29, 1.82) is 0 Å². The molecule has 0 aliphatic carbocycles. The van der Waals surface area contributed by atoms with Crippen LogP contribution in [-0.2, 0) is 17.6 Å². The van der Waals surface area contributed by atoms with Gasteiger partial charge in [0.15, 0.2) is 11.5 Å². The number of aryl methyl sites for hydroxylation is 1. The number of phenols is 1. The highest BCUT2D eigenvalue weighted by Crippen LogP contribution is 2.30. The number of nitrogens with one attached hydrogen (secondary N) is 2. The van der Waals surface area contributed by atoms with Crippen LogP contribution in [0.4, 0.5) is 0 Å². The minimum Gasteiger partial charge on any atom is -0.504 e. The number of hydrogen-bond donors (Lipinski definition) is 6. The summed E-state index contributed by atoms with van der Waals surface area (Å²) in [7, 11) is 0. The molecule has 0 amide bonds. The van der Waals surface area contributed by atoms with Crippen LogP contribution in [0.1, 0.15) is 67.4 Å². The van der Waals surface area contributed by atoms with E-state index in [-0.39, 0.29) is 37.0 Å². The molecule has 0 fully saturated rings. The lowest BCUT2D eigenvalue weighted by Crippen LogP contribution is -3.07. The van der Waals surface area contributed by atoms with Gasteiger partial charge in [-0.05, 0) is 71.5 Å². The van der Waals surface area contributed by atoms with Gasteiger partial charge in [-0.1, -0.05) is 37.6 Å². The fraction of sp³-hybridized carbons (Fsp3) is 0.394. The van der Waals surface area contributed by atoms with Crippen LogP contribution in [0.15, 0.2) is 71.1 Å². The SMILES string of the molecule is CCC[C@H](O)C[C@@H](O)CC(=O)CCc1ccc(O)c(OC[NH+]2C=C3C(Cc4cccc5c4C=CN[C@@H]5N)=CN=C3C2)c1. The van der Waals surface area contributed by atoms with Crippen molar-refractivity contribution < 1.29 is 29.8 Å². The van der Waals surface area contributed by atoms with Crippen molar-refractivity contribution >= 4 is 17.6 Å². The van der Waals surface area contributed by atoms with Gasteiger partial charge in [0.05, 0.1) is 17.8 Å². The average molecular weight is 574 g/mol. The molecule has 0 aromatic heterocycles. The molecule has 2 aromatic carbocycles. The molecule has 42 heavy (non-hydrogen) atoms. The molecule has 0 bridgehead atoms. The first-order chi connectivity index (χ1) is 20.3. The quantitative estimate of drug-likeness (QED) is 0.204. The van der Waals surface area contributed by atoms with Crippen LogP contribution in [0.25, 0.3) is 6.08 Å². The van der Waals surface area contributed by atoms with E-state index in [2.05, 4.69) is 34.7 Å². The van der Waals surface area contributed by atoms with Crippen LogP contribution in [-0.4, -0.2) is 52.3 Å². The number of ketones is 1. The van der Waals surface area contributed by atoms with Gasteiger partial charge in [0.1, 0.15) is 30.4 Å². The van der Waals surface area contributed by atoms with Gasteiger partial charge >= 0.3 is 0 Å². The number of fused-ring (bicyclic) bond motifs is 2. The first kappa shape index (κ1) is 29.7. The van der Waals surface area contributed by atoms with Crippen molar-refractivity contribution in [3.05, 3.63) is 88.4 Å². The maximum Gasteiger partial charge on any atom is 0.227 e. The Balaban J connectivity index is 1.14. The number of allylic oxidation sites excluding steroid dienone is 1. The Hall–Kier alpha value is -3.76. The number of aliphatic imine (C=N–C) groups is 1. The standard InChI is InChI=1S/C33H40N4O5/c1-2-4-24(38)15-26(40)16-25(39)9-7-21-8-10-31(41)32(13-21)42-20-37-18-29-23(17-36-30(29)19-37)14-22-5-3-6-28-27(22)11-12-35-33(28)34/h3,5-6,8,10-13,17-18,24,26,33,35,38,40-41H,2,4,7,9,14-16,19-20,34H2,1H3/p+1/t24-,26+,33-/m0/s1. The van der Waals surface area contributed by atoms with Gasteiger partial charge in [-0.25, -0.2) is 0 Å². The summed E-state index contributed by atoms with van der Waals surface area (Å²) in [5.41, 5.74) is 13.9. The Kier molecular flexibility index (Phi) is 9.54. The van der Waals surface area contributed by atoms with Crippen LogP contribution in [0, 0.1) is 0 Å². The topological polar surface area (TPSA) is 142 Å². The second-order valence-electron chi connectivity index (χ2n) is 11.4. The number of carbonyl (C=O) groups excluding carboxylic acids is 1. The number of nitrogens with two attached hydrogens (primary N) is 1. The summed E-state index contributed by atoms with van der Waals surface area (Å²) >= 11 is 0. The van der Waals surface area contributed by atoms with Gasteiger partial charge in [0.25, 0.3) is 0 Å². The highest BCUT2D eigenvalue weighted by Gasteiger charge is 2.31. The Morgan fingerprint density at radius 2 is 2.10 bits per heavy atom. The number of aliphatic hydroxyl groups is 2. The van der Waals surface area contributed by atoms with Crippen molar-refractivity contribution in [3.8, 4) is 11.5 Å². The molecule has 0 saturated heterocycles. The molecule has 2 aromatic rings. The largest absolute Gasteiger partial charge is 0.504 e. The van der Waals surface area contributed by atoms with E-state index in [9.17, 15) is 20.1 Å². The zero-order chi connectivity index (χ0) is 29.6. The van der Waals surface area contributed by atoms with Crippen LogP contribution in [0.5, 0.6) is 11.5 Å². The van der Waals surface area contributed by atoms with Gasteiger partial charge in [-0.2, -0.15) is 0 Å². The molecule has 3 aliphatic heterocycles. The lowest BCUT2D eigenvalue weighted by atomic mass is 9.91. The van der Waals surface area contributed by atoms with E-state index in [4.69, 9.17) is 10.5 Å². The van der Waals surface area contributed by atoms with E-state index in [0.717, 1.165) is 51.3 Å². The van der Waals surface area contributed by atoms with E-state index < -0.39 is 12.2 Å². The number of quaternary nitrogens is 1. The van der Waals surface area contributed by atoms with Gasteiger partial charge in [0, 0.05) is 25.5 Å². The van der Waals surface area contributed by atoms with E-state index in [1.54, 1.807) is 18.2 Å². The van der Waals surface area contributed by atoms with E-state index in [1.165, 1.54) is 5.56 Å². The third-order valence-electron chi connectivity index (χ3n) is 8.01.